The van der Waals surface area contributed by atoms with E-state index in [1.54, 1.807) is 4.90 Å². The van der Waals surface area contributed by atoms with Crippen molar-refractivity contribution < 1.29 is 9.59 Å². The van der Waals surface area contributed by atoms with Gasteiger partial charge in [0, 0.05) is 25.3 Å². The quantitative estimate of drug-likeness (QED) is 0.841. The number of nitrogens with one attached hydrogen (secondary N) is 1. The lowest BCUT2D eigenvalue weighted by atomic mass is 9.90. The molecule has 3 rings (SSSR count). The lowest BCUT2D eigenvalue weighted by Gasteiger charge is -2.29. The zero-order valence-corrected chi connectivity index (χ0v) is 11.3. The van der Waals surface area contributed by atoms with E-state index in [1.807, 2.05) is 24.3 Å². The maximum absolute atomic E-state index is 12.7. The molecule has 2 heterocycles. The van der Waals surface area contributed by atoms with Gasteiger partial charge in [0.15, 0.2) is 0 Å². The number of primary amides is 1. The molecule has 5 heteroatoms. The summed E-state index contributed by atoms with van der Waals surface area (Å²) < 4.78 is 0. The van der Waals surface area contributed by atoms with E-state index in [4.69, 9.17) is 5.73 Å². The highest BCUT2D eigenvalue weighted by Crippen LogP contribution is 2.33. The van der Waals surface area contributed by atoms with Gasteiger partial charge >= 0.3 is 0 Å². The van der Waals surface area contributed by atoms with E-state index < -0.39 is 0 Å². The van der Waals surface area contributed by atoms with Crippen LogP contribution < -0.4 is 11.1 Å². The van der Waals surface area contributed by atoms with Gasteiger partial charge in [-0.15, -0.1) is 0 Å². The molecule has 2 aliphatic heterocycles. The number of anilines is 1. The van der Waals surface area contributed by atoms with Crippen LogP contribution in [-0.2, 0) is 9.59 Å². The van der Waals surface area contributed by atoms with Crippen molar-refractivity contribution in [3.63, 3.8) is 0 Å². The average molecular weight is 273 g/mol. The number of amides is 2. The average Bonchev–Trinajstić information content (AvgIpc) is 2.96. The lowest BCUT2D eigenvalue weighted by molar-refractivity contribution is -0.132. The molecule has 0 saturated carbocycles. The largest absolute Gasteiger partial charge is 0.385 e. The molecule has 1 aromatic rings. The van der Waals surface area contributed by atoms with Crippen LogP contribution in [0.15, 0.2) is 24.3 Å². The summed E-state index contributed by atoms with van der Waals surface area (Å²) >= 11 is 0. The molecule has 0 aliphatic carbocycles. The number of rotatable bonds is 2. The van der Waals surface area contributed by atoms with Crippen LogP contribution in [0.5, 0.6) is 0 Å². The topological polar surface area (TPSA) is 75.4 Å². The number of benzene rings is 1. The predicted octanol–water partition coefficient (Wildman–Crippen LogP) is 0.920. The van der Waals surface area contributed by atoms with Crippen LogP contribution in [0, 0.1) is 5.92 Å². The summed E-state index contributed by atoms with van der Waals surface area (Å²) in [5, 5.41) is 3.32. The first kappa shape index (κ1) is 13.0. The number of carbonyl (C=O) groups excluding carboxylic acids is 2. The van der Waals surface area contributed by atoms with E-state index in [2.05, 4.69) is 5.32 Å². The van der Waals surface area contributed by atoms with Gasteiger partial charge in [0.25, 0.3) is 0 Å². The van der Waals surface area contributed by atoms with Gasteiger partial charge in [-0.2, -0.15) is 0 Å². The first-order valence-electron chi connectivity index (χ1n) is 7.07. The predicted molar refractivity (Wildman–Crippen MR) is 76.2 cm³/mol. The number of nitrogens with two attached hydrogens (primary N) is 1. The molecule has 5 nitrogen and oxygen atoms in total. The molecule has 0 radical (unpaired) electrons. The Morgan fingerprint density at radius 2 is 2.05 bits per heavy atom. The molecular weight excluding hydrogens is 254 g/mol. The fourth-order valence-corrected chi connectivity index (χ4v) is 3.14. The van der Waals surface area contributed by atoms with Crippen LogP contribution in [0.3, 0.4) is 0 Å². The van der Waals surface area contributed by atoms with Crippen molar-refractivity contribution in [2.45, 2.75) is 18.8 Å². The number of carbonyl (C=O) groups is 2. The number of likely N-dealkylation sites (tertiary alicyclic amines) is 1. The van der Waals surface area contributed by atoms with Gasteiger partial charge in [0.2, 0.25) is 11.8 Å². The first-order chi connectivity index (χ1) is 9.66. The van der Waals surface area contributed by atoms with Crippen LogP contribution in [0.2, 0.25) is 0 Å². The van der Waals surface area contributed by atoms with E-state index in [1.165, 1.54) is 0 Å². The molecule has 3 N–H and O–H groups in total. The molecule has 1 fully saturated rings. The van der Waals surface area contributed by atoms with E-state index in [-0.39, 0.29) is 23.7 Å². The zero-order valence-electron chi connectivity index (χ0n) is 11.3. The van der Waals surface area contributed by atoms with Gasteiger partial charge in [0.1, 0.15) is 0 Å². The van der Waals surface area contributed by atoms with Gasteiger partial charge in [-0.1, -0.05) is 18.2 Å². The maximum atomic E-state index is 12.7. The summed E-state index contributed by atoms with van der Waals surface area (Å²) in [6.07, 6.45) is 1.49. The van der Waals surface area contributed by atoms with Crippen molar-refractivity contribution >= 4 is 17.5 Å². The van der Waals surface area contributed by atoms with Crippen molar-refractivity contribution in [3.8, 4) is 0 Å². The van der Waals surface area contributed by atoms with E-state index >= 15 is 0 Å². The minimum absolute atomic E-state index is 0.0981. The second kappa shape index (κ2) is 5.15. The van der Waals surface area contributed by atoms with Gasteiger partial charge in [-0.3, -0.25) is 9.59 Å². The van der Waals surface area contributed by atoms with Gasteiger partial charge < -0.3 is 16.0 Å². The third-order valence-corrected chi connectivity index (χ3v) is 4.29. The summed E-state index contributed by atoms with van der Waals surface area (Å²) in [5.74, 6) is -0.455. The van der Waals surface area contributed by atoms with Crippen LogP contribution in [0.1, 0.15) is 24.3 Å². The number of fused-ring (bicyclic) bond motifs is 1. The molecule has 2 unspecified atom stereocenters. The van der Waals surface area contributed by atoms with Crippen molar-refractivity contribution in [1.82, 2.24) is 4.90 Å². The lowest BCUT2D eigenvalue weighted by Crippen LogP contribution is -2.37. The molecule has 0 bridgehead atoms. The van der Waals surface area contributed by atoms with E-state index in [0.717, 1.165) is 24.2 Å². The van der Waals surface area contributed by atoms with Crippen molar-refractivity contribution in [3.05, 3.63) is 29.8 Å². The van der Waals surface area contributed by atoms with Gasteiger partial charge in [-0.05, 0) is 24.5 Å². The Hall–Kier alpha value is -2.04. The van der Waals surface area contributed by atoms with Crippen molar-refractivity contribution in [2.24, 2.45) is 11.7 Å². The van der Waals surface area contributed by atoms with Crippen LogP contribution in [0.4, 0.5) is 5.69 Å². The molecule has 106 valence electrons. The Morgan fingerprint density at radius 3 is 2.80 bits per heavy atom. The Kier molecular flexibility index (Phi) is 3.34. The fourth-order valence-electron chi connectivity index (χ4n) is 3.14. The van der Waals surface area contributed by atoms with Gasteiger partial charge in [-0.25, -0.2) is 0 Å². The first-order valence-corrected chi connectivity index (χ1v) is 7.07. The zero-order chi connectivity index (χ0) is 14.1. The summed E-state index contributed by atoms with van der Waals surface area (Å²) in [4.78, 5) is 25.7. The second-order valence-corrected chi connectivity index (χ2v) is 5.53. The molecule has 2 amide bonds. The summed E-state index contributed by atoms with van der Waals surface area (Å²) in [7, 11) is 0. The molecule has 0 spiro atoms. The van der Waals surface area contributed by atoms with Crippen molar-refractivity contribution in [2.75, 3.05) is 25.0 Å². The SMILES string of the molecule is NC(=O)C1CCN(C(=O)C2CCNc3ccccc32)C1. The molecule has 1 aromatic carbocycles. The summed E-state index contributed by atoms with van der Waals surface area (Å²) in [5.41, 5.74) is 7.43. The number of para-hydroxylation sites is 1. The smallest absolute Gasteiger partial charge is 0.230 e. The third-order valence-electron chi connectivity index (χ3n) is 4.29. The molecule has 1 saturated heterocycles. The monoisotopic (exact) mass is 273 g/mol. The minimum Gasteiger partial charge on any atom is -0.385 e. The molecule has 0 aromatic heterocycles. The Morgan fingerprint density at radius 1 is 1.25 bits per heavy atom. The highest BCUT2D eigenvalue weighted by atomic mass is 16.2. The van der Waals surface area contributed by atoms with Crippen LogP contribution in [0.25, 0.3) is 0 Å². The van der Waals surface area contributed by atoms with Gasteiger partial charge in [0.05, 0.1) is 11.8 Å². The second-order valence-electron chi connectivity index (χ2n) is 5.53. The summed E-state index contributed by atoms with van der Waals surface area (Å²) in [6, 6.07) is 7.94. The third kappa shape index (κ3) is 2.24. The Balaban J connectivity index is 1.78. The normalized spacial score (nSPS) is 24.9. The maximum Gasteiger partial charge on any atom is 0.230 e. The fraction of sp³-hybridized carbons (Fsp3) is 0.467. The highest BCUT2D eigenvalue weighted by molar-refractivity contribution is 5.87. The Bertz CT molecular complexity index is 544. The number of hydrogen-bond acceptors (Lipinski definition) is 3. The number of nitrogens with zero attached hydrogens (tertiary/aromatic N) is 1. The van der Waals surface area contributed by atoms with E-state index in [0.29, 0.717) is 19.5 Å². The molecule has 20 heavy (non-hydrogen) atoms. The van der Waals surface area contributed by atoms with Crippen molar-refractivity contribution in [1.29, 1.82) is 0 Å². The van der Waals surface area contributed by atoms with Crippen LogP contribution in [-0.4, -0.2) is 36.3 Å². The standard InChI is InChI=1S/C15H19N3O2/c16-14(19)10-6-8-18(9-10)15(20)12-5-7-17-13-4-2-1-3-11(12)13/h1-4,10,12,17H,5-9H2,(H2,16,19). The highest BCUT2D eigenvalue weighted by Gasteiger charge is 2.35. The van der Waals surface area contributed by atoms with Crippen LogP contribution >= 0.6 is 0 Å². The molecular formula is C15H19N3O2. The minimum atomic E-state index is -0.300. The molecule has 2 aliphatic rings. The molecule has 2 atom stereocenters. The number of hydrogen-bond donors (Lipinski definition) is 2. The Labute approximate surface area is 118 Å². The van der Waals surface area contributed by atoms with E-state index in [9.17, 15) is 9.59 Å². The summed E-state index contributed by atoms with van der Waals surface area (Å²) in [6.45, 7) is 1.92.